The highest BCUT2D eigenvalue weighted by molar-refractivity contribution is 5.92. The van der Waals surface area contributed by atoms with Gasteiger partial charge in [0, 0.05) is 12.1 Å². The molecule has 0 saturated heterocycles. The number of rotatable bonds is 8. The average molecular weight is 292 g/mol. The maximum Gasteiger partial charge on any atom is 0.305 e. The summed E-state index contributed by atoms with van der Waals surface area (Å²) in [6.45, 7) is 3.07. The van der Waals surface area contributed by atoms with Gasteiger partial charge in [-0.1, -0.05) is 19.1 Å². The Kier molecular flexibility index (Phi) is 7.46. The van der Waals surface area contributed by atoms with Crippen molar-refractivity contribution in [2.75, 3.05) is 32.6 Å². The van der Waals surface area contributed by atoms with Crippen molar-refractivity contribution in [2.24, 2.45) is 0 Å². The van der Waals surface area contributed by atoms with E-state index < -0.39 is 0 Å². The van der Waals surface area contributed by atoms with Gasteiger partial charge in [-0.05, 0) is 44.1 Å². The second-order valence-corrected chi connectivity index (χ2v) is 5.02. The topological polar surface area (TPSA) is 58.6 Å². The molecule has 1 aromatic carbocycles. The molecule has 1 aromatic rings. The van der Waals surface area contributed by atoms with Crippen LogP contribution in [0.1, 0.15) is 25.3 Å². The fourth-order valence-corrected chi connectivity index (χ4v) is 1.94. The lowest BCUT2D eigenvalue weighted by Gasteiger charge is -2.15. The first-order chi connectivity index (χ1) is 10.0. The first-order valence-corrected chi connectivity index (χ1v) is 7.19. The lowest BCUT2D eigenvalue weighted by molar-refractivity contribution is -0.140. The first kappa shape index (κ1) is 17.2. The molecule has 116 valence electrons. The molecule has 0 aliphatic carbocycles. The van der Waals surface area contributed by atoms with Gasteiger partial charge in [-0.15, -0.1) is 0 Å². The van der Waals surface area contributed by atoms with Crippen molar-refractivity contribution in [3.63, 3.8) is 0 Å². The van der Waals surface area contributed by atoms with Crippen molar-refractivity contribution in [1.29, 1.82) is 0 Å². The molecule has 1 rings (SSSR count). The van der Waals surface area contributed by atoms with Crippen LogP contribution in [-0.4, -0.2) is 44.0 Å². The predicted octanol–water partition coefficient (Wildman–Crippen LogP) is 2.07. The molecule has 1 N–H and O–H groups in total. The Morgan fingerprint density at radius 1 is 1.24 bits per heavy atom. The molecule has 5 nitrogen and oxygen atoms in total. The molecule has 1 amide bonds. The van der Waals surface area contributed by atoms with Crippen LogP contribution in [0, 0.1) is 0 Å². The number of anilines is 1. The summed E-state index contributed by atoms with van der Waals surface area (Å²) in [4.78, 5) is 24.8. The summed E-state index contributed by atoms with van der Waals surface area (Å²) >= 11 is 0. The van der Waals surface area contributed by atoms with Crippen LogP contribution in [0.25, 0.3) is 0 Å². The number of aryl methyl sites for hydroxylation is 1. The van der Waals surface area contributed by atoms with Crippen LogP contribution in [0.15, 0.2) is 24.3 Å². The number of ether oxygens (including phenoxy) is 1. The quantitative estimate of drug-likeness (QED) is 0.745. The van der Waals surface area contributed by atoms with E-state index in [1.54, 1.807) is 0 Å². The molecule has 0 fully saturated rings. The highest BCUT2D eigenvalue weighted by atomic mass is 16.5. The number of likely N-dealkylation sites (N-methyl/N-ethyl adjacent to an activating group) is 1. The molecule has 0 saturated carbocycles. The van der Waals surface area contributed by atoms with Gasteiger partial charge in [0.2, 0.25) is 5.91 Å². The minimum absolute atomic E-state index is 0.0557. The van der Waals surface area contributed by atoms with E-state index in [2.05, 4.69) is 17.0 Å². The number of hydrogen-bond donors (Lipinski definition) is 1. The van der Waals surface area contributed by atoms with Crippen molar-refractivity contribution >= 4 is 17.6 Å². The van der Waals surface area contributed by atoms with E-state index in [0.29, 0.717) is 25.9 Å². The van der Waals surface area contributed by atoms with Crippen LogP contribution < -0.4 is 5.32 Å². The van der Waals surface area contributed by atoms with Crippen LogP contribution in [-0.2, 0) is 20.7 Å². The van der Waals surface area contributed by atoms with Crippen molar-refractivity contribution < 1.29 is 14.3 Å². The Bertz CT molecular complexity index is 457. The summed E-state index contributed by atoms with van der Waals surface area (Å²) in [5.74, 6) is -0.274. The third kappa shape index (κ3) is 6.90. The van der Waals surface area contributed by atoms with Gasteiger partial charge in [-0.2, -0.15) is 0 Å². The van der Waals surface area contributed by atoms with Gasteiger partial charge in [-0.3, -0.25) is 14.5 Å². The summed E-state index contributed by atoms with van der Waals surface area (Å²) in [7, 11) is 3.24. The summed E-state index contributed by atoms with van der Waals surface area (Å²) < 4.78 is 4.57. The minimum Gasteiger partial charge on any atom is -0.469 e. The zero-order valence-electron chi connectivity index (χ0n) is 13.0. The zero-order valence-corrected chi connectivity index (χ0v) is 13.0. The number of methoxy groups -OCH3 is 1. The standard InChI is InChI=1S/C16H24N2O3/c1-4-13-7-9-14(10-8-13)17-15(19)12-18(2)11-5-6-16(20)21-3/h7-10H,4-6,11-12H2,1-3H3,(H,17,19). The zero-order chi connectivity index (χ0) is 15.7. The first-order valence-electron chi connectivity index (χ1n) is 7.19. The Labute approximate surface area is 126 Å². The molecule has 21 heavy (non-hydrogen) atoms. The van der Waals surface area contributed by atoms with Crippen molar-refractivity contribution in [1.82, 2.24) is 4.90 Å². The summed E-state index contributed by atoms with van der Waals surface area (Å²) in [6.07, 6.45) is 2.04. The third-order valence-electron chi connectivity index (χ3n) is 3.21. The number of hydrogen-bond acceptors (Lipinski definition) is 4. The molecule has 0 aliphatic heterocycles. The Morgan fingerprint density at radius 2 is 1.90 bits per heavy atom. The van der Waals surface area contributed by atoms with Crippen LogP contribution in [0.4, 0.5) is 5.69 Å². The maximum atomic E-state index is 11.9. The Balaban J connectivity index is 2.30. The molecule has 0 unspecified atom stereocenters. The van der Waals surface area contributed by atoms with Crippen molar-refractivity contribution in [3.8, 4) is 0 Å². The molecule has 0 atom stereocenters. The Hall–Kier alpha value is -1.88. The number of benzene rings is 1. The Morgan fingerprint density at radius 3 is 2.48 bits per heavy atom. The molecule has 0 radical (unpaired) electrons. The van der Waals surface area contributed by atoms with E-state index in [-0.39, 0.29) is 11.9 Å². The third-order valence-corrected chi connectivity index (χ3v) is 3.21. The molecule has 0 aliphatic rings. The SMILES string of the molecule is CCc1ccc(NC(=O)CN(C)CCCC(=O)OC)cc1. The smallest absolute Gasteiger partial charge is 0.305 e. The largest absolute Gasteiger partial charge is 0.469 e. The number of carbonyl (C=O) groups is 2. The molecular formula is C16H24N2O3. The lowest BCUT2D eigenvalue weighted by Crippen LogP contribution is -2.31. The van der Waals surface area contributed by atoms with Gasteiger partial charge in [0.05, 0.1) is 13.7 Å². The predicted molar refractivity (Wildman–Crippen MR) is 83.2 cm³/mol. The van der Waals surface area contributed by atoms with Crippen molar-refractivity contribution in [3.05, 3.63) is 29.8 Å². The van der Waals surface area contributed by atoms with Crippen LogP contribution in [0.3, 0.4) is 0 Å². The van der Waals surface area contributed by atoms with E-state index in [1.165, 1.54) is 12.7 Å². The number of carbonyl (C=O) groups excluding carboxylic acids is 2. The van der Waals surface area contributed by atoms with Gasteiger partial charge in [-0.25, -0.2) is 0 Å². The van der Waals surface area contributed by atoms with Gasteiger partial charge in [0.15, 0.2) is 0 Å². The molecule has 0 aromatic heterocycles. The summed E-state index contributed by atoms with van der Waals surface area (Å²) in [6, 6.07) is 7.84. The second kappa shape index (κ2) is 9.13. The monoisotopic (exact) mass is 292 g/mol. The highest BCUT2D eigenvalue weighted by Crippen LogP contribution is 2.09. The van der Waals surface area contributed by atoms with Gasteiger partial charge in [0.25, 0.3) is 0 Å². The minimum atomic E-state index is -0.219. The normalized spacial score (nSPS) is 10.5. The molecule has 0 heterocycles. The van der Waals surface area contributed by atoms with E-state index in [9.17, 15) is 9.59 Å². The van der Waals surface area contributed by atoms with E-state index >= 15 is 0 Å². The number of nitrogens with zero attached hydrogens (tertiary/aromatic N) is 1. The number of esters is 1. The van der Waals surface area contributed by atoms with E-state index in [0.717, 1.165) is 12.1 Å². The fraction of sp³-hybridized carbons (Fsp3) is 0.500. The fourth-order valence-electron chi connectivity index (χ4n) is 1.94. The van der Waals surface area contributed by atoms with Crippen LogP contribution >= 0.6 is 0 Å². The van der Waals surface area contributed by atoms with Gasteiger partial charge >= 0.3 is 5.97 Å². The molecule has 0 spiro atoms. The highest BCUT2D eigenvalue weighted by Gasteiger charge is 2.08. The molecule has 0 bridgehead atoms. The molecule has 5 heteroatoms. The van der Waals surface area contributed by atoms with Gasteiger partial charge in [0.1, 0.15) is 0 Å². The van der Waals surface area contributed by atoms with E-state index in [4.69, 9.17) is 0 Å². The van der Waals surface area contributed by atoms with Gasteiger partial charge < -0.3 is 10.1 Å². The summed E-state index contributed by atoms with van der Waals surface area (Å²) in [5.41, 5.74) is 2.05. The van der Waals surface area contributed by atoms with Crippen LogP contribution in [0.2, 0.25) is 0 Å². The van der Waals surface area contributed by atoms with Crippen LogP contribution in [0.5, 0.6) is 0 Å². The average Bonchev–Trinajstić information content (AvgIpc) is 2.47. The summed E-state index contributed by atoms with van der Waals surface area (Å²) in [5, 5.41) is 2.86. The number of nitrogens with one attached hydrogen (secondary N) is 1. The van der Waals surface area contributed by atoms with E-state index in [1.807, 2.05) is 36.2 Å². The van der Waals surface area contributed by atoms with Crippen molar-refractivity contribution in [2.45, 2.75) is 26.2 Å². The lowest BCUT2D eigenvalue weighted by atomic mass is 10.1. The number of amides is 1. The second-order valence-electron chi connectivity index (χ2n) is 5.02. The molecular weight excluding hydrogens is 268 g/mol. The maximum absolute atomic E-state index is 11.9.